The summed E-state index contributed by atoms with van der Waals surface area (Å²) in [5, 5.41) is 2.79. The van der Waals surface area contributed by atoms with Crippen LogP contribution in [-0.2, 0) is 6.42 Å². The predicted molar refractivity (Wildman–Crippen MR) is 72.8 cm³/mol. The van der Waals surface area contributed by atoms with Crippen LogP contribution >= 0.6 is 0 Å². The third-order valence-corrected chi connectivity index (χ3v) is 3.69. The van der Waals surface area contributed by atoms with Gasteiger partial charge in [-0.25, -0.2) is 0 Å². The summed E-state index contributed by atoms with van der Waals surface area (Å²) in [4.78, 5) is 0. The van der Waals surface area contributed by atoms with Crippen LogP contribution in [0.4, 0.5) is 0 Å². The summed E-state index contributed by atoms with van der Waals surface area (Å²) in [6.45, 7) is 0. The second-order valence-electron chi connectivity index (χ2n) is 4.62. The van der Waals surface area contributed by atoms with Gasteiger partial charge < -0.3 is 0 Å². The third-order valence-electron chi connectivity index (χ3n) is 3.69. The van der Waals surface area contributed by atoms with Gasteiger partial charge in [-0.05, 0) is 39.1 Å². The van der Waals surface area contributed by atoms with Crippen molar-refractivity contribution in [1.29, 1.82) is 0 Å². The Hall–Kier alpha value is -2.08. The second-order valence-corrected chi connectivity index (χ2v) is 4.62. The number of rotatable bonds is 0. The highest BCUT2D eigenvalue weighted by molar-refractivity contribution is 5.77. The average molecular weight is 216 g/mol. The molecule has 0 saturated carbocycles. The lowest BCUT2D eigenvalue weighted by Crippen LogP contribution is -2.30. The topological polar surface area (TPSA) is 0 Å². The van der Waals surface area contributed by atoms with E-state index in [0.717, 1.165) is 6.42 Å². The number of fused-ring (bicyclic) bond motifs is 5. The average Bonchev–Trinajstić information content (AvgIpc) is 2.86. The Kier molecular flexibility index (Phi) is 1.70. The predicted octanol–water partition coefficient (Wildman–Crippen LogP) is 2.50. The van der Waals surface area contributed by atoms with Gasteiger partial charge in [-0.15, -0.1) is 0 Å². The molecule has 0 heterocycles. The third kappa shape index (κ3) is 1.18. The van der Waals surface area contributed by atoms with E-state index in [-0.39, 0.29) is 0 Å². The molecule has 0 amide bonds. The van der Waals surface area contributed by atoms with Crippen molar-refractivity contribution >= 4 is 18.2 Å². The Morgan fingerprint density at radius 1 is 0.824 bits per heavy atom. The molecule has 0 aromatic heterocycles. The first-order valence-corrected chi connectivity index (χ1v) is 6.03. The summed E-state index contributed by atoms with van der Waals surface area (Å²) >= 11 is 0. The highest BCUT2D eigenvalue weighted by Crippen LogP contribution is 2.24. The fraction of sp³-hybridized carbons (Fsp3) is 0.0588. The monoisotopic (exact) mass is 216 g/mol. The van der Waals surface area contributed by atoms with Crippen molar-refractivity contribution in [3.63, 3.8) is 0 Å². The van der Waals surface area contributed by atoms with Crippen LogP contribution in [0.1, 0.15) is 11.1 Å². The van der Waals surface area contributed by atoms with Crippen LogP contribution in [-0.4, -0.2) is 0 Å². The molecule has 2 aliphatic rings. The molecule has 0 spiro atoms. The maximum atomic E-state index is 2.36. The highest BCUT2D eigenvalue weighted by Gasteiger charge is 2.12. The molecular weight excluding hydrogens is 204 g/mol. The van der Waals surface area contributed by atoms with Gasteiger partial charge in [0.1, 0.15) is 0 Å². The van der Waals surface area contributed by atoms with Crippen molar-refractivity contribution in [1.82, 2.24) is 0 Å². The van der Waals surface area contributed by atoms with Gasteiger partial charge in [0.15, 0.2) is 0 Å². The Bertz CT molecular complexity index is 761. The van der Waals surface area contributed by atoms with E-state index in [9.17, 15) is 0 Å². The summed E-state index contributed by atoms with van der Waals surface area (Å²) in [5.41, 5.74) is 5.56. The minimum atomic E-state index is 1.05. The van der Waals surface area contributed by atoms with E-state index in [1.165, 1.54) is 32.7 Å². The van der Waals surface area contributed by atoms with Gasteiger partial charge in [0.2, 0.25) is 0 Å². The molecule has 0 radical (unpaired) electrons. The minimum Gasteiger partial charge on any atom is -0.0716 e. The van der Waals surface area contributed by atoms with Crippen LogP contribution in [0.25, 0.3) is 29.4 Å². The zero-order chi connectivity index (χ0) is 11.2. The first kappa shape index (κ1) is 9.00. The van der Waals surface area contributed by atoms with Crippen LogP contribution < -0.4 is 10.4 Å². The Labute approximate surface area is 100 Å². The van der Waals surface area contributed by atoms with E-state index in [2.05, 4.69) is 60.7 Å². The molecule has 0 unspecified atom stereocenters. The van der Waals surface area contributed by atoms with Crippen LogP contribution in [0, 0.1) is 0 Å². The molecule has 0 saturated heterocycles. The van der Waals surface area contributed by atoms with E-state index in [0.29, 0.717) is 0 Å². The first-order chi connectivity index (χ1) is 8.43. The summed E-state index contributed by atoms with van der Waals surface area (Å²) < 4.78 is 0. The molecule has 0 fully saturated rings. The largest absolute Gasteiger partial charge is 0.0716 e. The molecule has 0 atom stereocenters. The first-order valence-electron chi connectivity index (χ1n) is 6.03. The number of benzene rings is 2. The van der Waals surface area contributed by atoms with Crippen molar-refractivity contribution in [3.8, 4) is 11.1 Å². The van der Waals surface area contributed by atoms with Gasteiger partial charge in [0.25, 0.3) is 0 Å². The summed E-state index contributed by atoms with van der Waals surface area (Å²) in [6, 6.07) is 13.2. The Morgan fingerprint density at radius 3 is 2.76 bits per heavy atom. The van der Waals surface area contributed by atoms with Crippen molar-refractivity contribution in [2.75, 3.05) is 0 Å². The number of hydrogen-bond donors (Lipinski definition) is 0. The lowest BCUT2D eigenvalue weighted by molar-refractivity contribution is 1.28. The quantitative estimate of drug-likeness (QED) is 0.634. The van der Waals surface area contributed by atoms with Gasteiger partial charge in [0, 0.05) is 0 Å². The SMILES string of the molecule is C1=Cc2ccc3c(c2=C1)=CCc1ccccc1-3. The molecule has 0 nitrogen and oxygen atoms in total. The molecule has 17 heavy (non-hydrogen) atoms. The fourth-order valence-electron chi connectivity index (χ4n) is 2.86. The lowest BCUT2D eigenvalue weighted by Gasteiger charge is -2.14. The van der Waals surface area contributed by atoms with Crippen LogP contribution in [0.3, 0.4) is 0 Å². The van der Waals surface area contributed by atoms with E-state index in [1.54, 1.807) is 0 Å². The molecule has 0 N–H and O–H groups in total. The molecule has 0 heteroatoms. The zero-order valence-corrected chi connectivity index (χ0v) is 9.48. The molecule has 0 aliphatic heterocycles. The van der Waals surface area contributed by atoms with E-state index in [1.807, 2.05) is 0 Å². The normalized spacial score (nSPS) is 14.4. The van der Waals surface area contributed by atoms with Crippen molar-refractivity contribution in [3.05, 3.63) is 64.0 Å². The summed E-state index contributed by atoms with van der Waals surface area (Å²) in [6.07, 6.45) is 9.95. The molecular formula is C17H12. The number of hydrogen-bond acceptors (Lipinski definition) is 0. The standard InChI is InChI=1S/C17H12/c1-2-6-14-12(4-1)8-10-17-15-7-3-5-13(15)9-11-16(14)17/h1-7,9-11H,8H2. The van der Waals surface area contributed by atoms with Crippen molar-refractivity contribution in [2.45, 2.75) is 6.42 Å². The molecule has 2 aromatic rings. The van der Waals surface area contributed by atoms with Gasteiger partial charge in [0.05, 0.1) is 0 Å². The Morgan fingerprint density at radius 2 is 1.76 bits per heavy atom. The molecule has 0 bridgehead atoms. The maximum Gasteiger partial charge on any atom is -0.00818 e. The maximum absolute atomic E-state index is 2.36. The lowest BCUT2D eigenvalue weighted by atomic mass is 9.90. The van der Waals surface area contributed by atoms with Gasteiger partial charge in [-0.2, -0.15) is 0 Å². The summed E-state index contributed by atoms with van der Waals surface area (Å²) in [5.74, 6) is 0. The smallest absolute Gasteiger partial charge is 0.00818 e. The van der Waals surface area contributed by atoms with Crippen LogP contribution in [0.5, 0.6) is 0 Å². The number of allylic oxidation sites excluding steroid dienone is 1. The molecule has 4 rings (SSSR count). The minimum absolute atomic E-state index is 1.05. The van der Waals surface area contributed by atoms with Gasteiger partial charge in [-0.1, -0.05) is 60.7 Å². The zero-order valence-electron chi connectivity index (χ0n) is 9.48. The van der Waals surface area contributed by atoms with E-state index >= 15 is 0 Å². The van der Waals surface area contributed by atoms with E-state index in [4.69, 9.17) is 0 Å². The van der Waals surface area contributed by atoms with Gasteiger partial charge in [-0.3, -0.25) is 0 Å². The summed E-state index contributed by atoms with van der Waals surface area (Å²) in [7, 11) is 0. The van der Waals surface area contributed by atoms with E-state index < -0.39 is 0 Å². The second kappa shape index (κ2) is 3.21. The Balaban J connectivity index is 2.14. The van der Waals surface area contributed by atoms with Crippen molar-refractivity contribution in [2.24, 2.45) is 0 Å². The van der Waals surface area contributed by atoms with Crippen molar-refractivity contribution < 1.29 is 0 Å². The van der Waals surface area contributed by atoms with Gasteiger partial charge >= 0.3 is 0 Å². The highest BCUT2D eigenvalue weighted by atomic mass is 14.2. The van der Waals surface area contributed by atoms with Crippen LogP contribution in [0.2, 0.25) is 0 Å². The molecule has 80 valence electrons. The fourth-order valence-corrected chi connectivity index (χ4v) is 2.86. The molecule has 2 aliphatic carbocycles. The molecule has 2 aromatic carbocycles. The van der Waals surface area contributed by atoms with Crippen LogP contribution in [0.15, 0.2) is 42.5 Å².